The van der Waals surface area contributed by atoms with Crippen LogP contribution in [-0.2, 0) is 12.3 Å². The maximum Gasteiger partial charge on any atom is 0.291 e. The number of rotatable bonds is 8. The summed E-state index contributed by atoms with van der Waals surface area (Å²) in [5.41, 5.74) is 3.29. The highest BCUT2D eigenvalue weighted by Crippen LogP contribution is 2.52. The Morgan fingerprint density at radius 1 is 0.852 bits per heavy atom. The number of piperidine rings is 2. The molecule has 0 spiro atoms. The van der Waals surface area contributed by atoms with Crippen molar-refractivity contribution in [2.45, 2.75) is 127 Å². The molecule has 2 aliphatic carbocycles. The minimum Gasteiger partial charge on any atom is -0.393 e. The van der Waals surface area contributed by atoms with Crippen molar-refractivity contribution in [3.63, 3.8) is 0 Å². The monoisotopic (exact) mass is 753 g/mol. The molecule has 2 aromatic heterocycles. The number of hydrogen-bond donors (Lipinski definition) is 2. The molecule has 7 nitrogen and oxygen atoms in total. The summed E-state index contributed by atoms with van der Waals surface area (Å²) in [6.07, 6.45) is 6.00. The van der Waals surface area contributed by atoms with Crippen LogP contribution in [0.4, 0.5) is 33.6 Å². The van der Waals surface area contributed by atoms with Crippen LogP contribution >= 0.6 is 0 Å². The van der Waals surface area contributed by atoms with Crippen molar-refractivity contribution in [2.24, 2.45) is 5.41 Å². The van der Waals surface area contributed by atoms with Gasteiger partial charge in [-0.1, -0.05) is 44.2 Å². The lowest BCUT2D eigenvalue weighted by atomic mass is 9.68. The number of hydrogen-bond acceptors (Lipinski definition) is 7. The summed E-state index contributed by atoms with van der Waals surface area (Å²) in [5, 5.41) is 21.6. The summed E-state index contributed by atoms with van der Waals surface area (Å²) in [6.45, 7) is 8.30. The number of halogens is 5. The van der Waals surface area contributed by atoms with Crippen LogP contribution in [-0.4, -0.2) is 63.4 Å². The smallest absolute Gasteiger partial charge is 0.291 e. The molecule has 3 fully saturated rings. The number of benzene rings is 1. The third-order valence-electron chi connectivity index (χ3n) is 12.1. The van der Waals surface area contributed by atoms with Crippen LogP contribution in [0.2, 0.25) is 0 Å². The molecule has 12 heteroatoms. The number of fused-ring (bicyclic) bond motifs is 1. The summed E-state index contributed by atoms with van der Waals surface area (Å²) in [5.74, 6) is -6.01. The molecule has 2 saturated heterocycles. The minimum atomic E-state index is -3.22. The van der Waals surface area contributed by atoms with Gasteiger partial charge in [0.05, 0.1) is 36.0 Å². The third kappa shape index (κ3) is 8.01. The van der Waals surface area contributed by atoms with Crippen LogP contribution < -0.4 is 9.80 Å². The molecule has 1 saturated carbocycles. The first kappa shape index (κ1) is 38.6. The van der Waals surface area contributed by atoms with Gasteiger partial charge in [-0.15, -0.1) is 0 Å². The van der Waals surface area contributed by atoms with Gasteiger partial charge in [0.15, 0.2) is 6.17 Å². The van der Waals surface area contributed by atoms with Crippen LogP contribution in [0.25, 0.3) is 0 Å². The van der Waals surface area contributed by atoms with E-state index in [0.717, 1.165) is 24.9 Å². The highest BCUT2D eigenvalue weighted by atomic mass is 19.3. The van der Waals surface area contributed by atoms with Gasteiger partial charge in [0.1, 0.15) is 0 Å². The fourth-order valence-electron chi connectivity index (χ4n) is 9.17. The highest BCUT2D eigenvalue weighted by molar-refractivity contribution is 5.52. The second-order valence-electron chi connectivity index (χ2n) is 16.7. The molecule has 0 radical (unpaired) electrons. The van der Waals surface area contributed by atoms with E-state index in [4.69, 9.17) is 4.98 Å². The summed E-state index contributed by atoms with van der Waals surface area (Å²) in [4.78, 5) is 18.8. The number of nitrogens with zero attached hydrogens (tertiary/aromatic N) is 5. The van der Waals surface area contributed by atoms with E-state index >= 15 is 4.39 Å². The summed E-state index contributed by atoms with van der Waals surface area (Å²) < 4.78 is 76.2. The maximum atomic E-state index is 17.5. The molecular formula is C42H52F5N5O2. The quantitative estimate of drug-likeness (QED) is 0.175. The van der Waals surface area contributed by atoms with Crippen LogP contribution in [0.1, 0.15) is 142 Å². The number of pyridine rings is 1. The molecule has 4 heterocycles. The van der Waals surface area contributed by atoms with E-state index in [9.17, 15) is 27.8 Å². The number of aromatic nitrogens is 3. The van der Waals surface area contributed by atoms with Gasteiger partial charge in [-0.05, 0) is 86.8 Å². The number of allylic oxidation sites excluding steroid dienone is 2. The van der Waals surface area contributed by atoms with Crippen LogP contribution in [0.3, 0.4) is 0 Å². The van der Waals surface area contributed by atoms with E-state index in [-0.39, 0.29) is 54.2 Å². The Bertz CT molecular complexity index is 1790. The molecule has 2 unspecified atom stereocenters. The normalized spacial score (nSPS) is 23.5. The Morgan fingerprint density at radius 2 is 1.46 bits per heavy atom. The topological polar surface area (TPSA) is 85.6 Å². The zero-order valence-electron chi connectivity index (χ0n) is 31.4. The average Bonchev–Trinajstić information content (AvgIpc) is 3.14. The predicted octanol–water partition coefficient (Wildman–Crippen LogP) is 9.24. The SMILES string of the molecule is C/C=C/C(F)(F)c1ccc(C(F)c2c(C3CCN(c4ncc(N5CCC(O)CC5)cn4)CC3)nc3c(c2C2CCC(F)(F)CC2)C(O)CC(C)(C)C3)cc1. The molecule has 4 aliphatic rings. The molecule has 2 aliphatic heterocycles. The van der Waals surface area contributed by atoms with E-state index in [1.54, 1.807) is 0 Å². The second-order valence-corrected chi connectivity index (χ2v) is 16.7. The van der Waals surface area contributed by atoms with Gasteiger partial charge in [0, 0.05) is 67.3 Å². The van der Waals surface area contributed by atoms with Gasteiger partial charge < -0.3 is 20.0 Å². The Labute approximate surface area is 314 Å². The van der Waals surface area contributed by atoms with Crippen molar-refractivity contribution >= 4 is 11.6 Å². The molecule has 7 rings (SSSR count). The van der Waals surface area contributed by atoms with Gasteiger partial charge in [-0.2, -0.15) is 8.78 Å². The van der Waals surface area contributed by atoms with Gasteiger partial charge in [0.25, 0.3) is 5.92 Å². The van der Waals surface area contributed by atoms with Crippen molar-refractivity contribution in [3.8, 4) is 0 Å². The number of aliphatic hydroxyl groups excluding tert-OH is 2. The van der Waals surface area contributed by atoms with Crippen molar-refractivity contribution in [1.82, 2.24) is 15.0 Å². The molecule has 0 bridgehead atoms. The predicted molar refractivity (Wildman–Crippen MR) is 199 cm³/mol. The van der Waals surface area contributed by atoms with E-state index < -0.39 is 30.0 Å². The van der Waals surface area contributed by atoms with E-state index in [0.29, 0.717) is 85.6 Å². The summed E-state index contributed by atoms with van der Waals surface area (Å²) in [7, 11) is 0. The molecule has 2 atom stereocenters. The lowest BCUT2D eigenvalue weighted by molar-refractivity contribution is -0.0385. The first-order valence-electron chi connectivity index (χ1n) is 19.5. The zero-order chi connectivity index (χ0) is 38.4. The first-order valence-corrected chi connectivity index (χ1v) is 19.5. The van der Waals surface area contributed by atoms with Crippen LogP contribution in [0.15, 0.2) is 48.8 Å². The first-order chi connectivity index (χ1) is 25.6. The van der Waals surface area contributed by atoms with Gasteiger partial charge >= 0.3 is 0 Å². The van der Waals surface area contributed by atoms with Crippen LogP contribution in [0.5, 0.6) is 0 Å². The van der Waals surface area contributed by atoms with Crippen molar-refractivity contribution in [1.29, 1.82) is 0 Å². The van der Waals surface area contributed by atoms with Crippen LogP contribution in [0, 0.1) is 5.41 Å². The Balaban J connectivity index is 1.25. The Kier molecular flexibility index (Phi) is 10.8. The summed E-state index contributed by atoms with van der Waals surface area (Å²) in [6, 6.07) is 5.25. The lowest BCUT2D eigenvalue weighted by Gasteiger charge is -2.41. The fourth-order valence-corrected chi connectivity index (χ4v) is 9.17. The lowest BCUT2D eigenvalue weighted by Crippen LogP contribution is -2.37. The number of alkyl halides is 5. The molecule has 54 heavy (non-hydrogen) atoms. The van der Waals surface area contributed by atoms with E-state index in [1.165, 1.54) is 37.3 Å². The standard InChI is InChI=1S/C42H52F5N5O2/c1-4-15-42(46,47)29-7-5-27(6-8-29)37(43)36-34(26-9-16-41(44,45)17-10-26)35-32(22-40(2,3)23-33(35)54)50-38(36)28-11-18-52(19-12-28)39-48-24-30(25-49-39)51-20-13-31(53)14-21-51/h4-8,15,24-26,28,31,33,37,53-54H,9-14,16-23H2,1-3H3/b15-4+. The Hall–Kier alpha value is -3.64. The molecule has 0 amide bonds. The third-order valence-corrected chi connectivity index (χ3v) is 12.1. The second kappa shape index (κ2) is 15.1. The minimum absolute atomic E-state index is 0.150. The molecule has 3 aromatic rings. The van der Waals surface area contributed by atoms with E-state index in [2.05, 4.69) is 33.6 Å². The zero-order valence-corrected chi connectivity index (χ0v) is 31.4. The molecule has 1 aromatic carbocycles. The van der Waals surface area contributed by atoms with Crippen molar-refractivity contribution < 1.29 is 32.2 Å². The molecule has 292 valence electrons. The van der Waals surface area contributed by atoms with Crippen molar-refractivity contribution in [2.75, 3.05) is 36.0 Å². The Morgan fingerprint density at radius 3 is 2.07 bits per heavy atom. The van der Waals surface area contributed by atoms with Crippen molar-refractivity contribution in [3.05, 3.63) is 88.0 Å². The van der Waals surface area contributed by atoms with Gasteiger partial charge in [-0.25, -0.2) is 23.1 Å². The van der Waals surface area contributed by atoms with Gasteiger partial charge in [0.2, 0.25) is 11.9 Å². The largest absolute Gasteiger partial charge is 0.393 e. The number of anilines is 2. The highest BCUT2D eigenvalue weighted by Gasteiger charge is 2.44. The fraction of sp³-hybridized carbons (Fsp3) is 0.595. The summed E-state index contributed by atoms with van der Waals surface area (Å²) >= 11 is 0. The molecule has 2 N–H and O–H groups in total. The average molecular weight is 754 g/mol. The van der Waals surface area contributed by atoms with Gasteiger partial charge in [-0.3, -0.25) is 4.98 Å². The van der Waals surface area contributed by atoms with E-state index in [1.807, 2.05) is 12.4 Å². The molecular weight excluding hydrogens is 701 g/mol. The maximum absolute atomic E-state index is 17.5. The number of aliphatic hydroxyl groups is 2.